The van der Waals surface area contributed by atoms with E-state index in [4.69, 9.17) is 15.7 Å². The lowest BCUT2D eigenvalue weighted by Crippen LogP contribution is -2.23. The van der Waals surface area contributed by atoms with E-state index in [0.717, 1.165) is 0 Å². The van der Waals surface area contributed by atoms with Crippen LogP contribution in [0.4, 0.5) is 0 Å². The highest BCUT2D eigenvalue weighted by atomic mass is 32.2. The third kappa shape index (κ3) is 4.82. The Hall–Kier alpha value is -1.60. The second-order valence-corrected chi connectivity index (χ2v) is 7.40. The molecule has 0 fully saturated rings. The zero-order chi connectivity index (χ0) is 15.4. The van der Waals surface area contributed by atoms with E-state index in [-0.39, 0.29) is 28.7 Å². The second-order valence-electron chi connectivity index (χ2n) is 5.29. The average Bonchev–Trinajstić information content (AvgIpc) is 2.36. The van der Waals surface area contributed by atoms with E-state index in [9.17, 15) is 8.42 Å². The number of oxime groups is 1. The van der Waals surface area contributed by atoms with Gasteiger partial charge >= 0.3 is 0 Å². The summed E-state index contributed by atoms with van der Waals surface area (Å²) < 4.78 is 29.7. The number of hydrogen-bond acceptors (Lipinski definition) is 5. The van der Waals surface area contributed by atoms with Crippen molar-refractivity contribution in [1.29, 1.82) is 0 Å². The molecule has 3 N–H and O–H groups in total. The van der Waals surface area contributed by atoms with E-state index in [1.165, 1.54) is 12.1 Å². The Labute approximate surface area is 119 Å². The van der Waals surface area contributed by atoms with Crippen LogP contribution in [0.5, 0.6) is 0 Å². The van der Waals surface area contributed by atoms with Gasteiger partial charge < -0.3 is 15.7 Å². The molecule has 1 rings (SSSR count). The van der Waals surface area contributed by atoms with Crippen LogP contribution in [-0.4, -0.2) is 37.4 Å². The highest BCUT2D eigenvalue weighted by Gasteiger charge is 2.18. The van der Waals surface area contributed by atoms with Gasteiger partial charge in [0.2, 0.25) is 0 Å². The first kappa shape index (κ1) is 16.5. The zero-order valence-corrected chi connectivity index (χ0v) is 12.6. The van der Waals surface area contributed by atoms with Crippen molar-refractivity contribution >= 4 is 15.7 Å². The fourth-order valence-electron chi connectivity index (χ4n) is 1.48. The lowest BCUT2D eigenvalue weighted by atomic mass is 10.2. The molecule has 0 heterocycles. The van der Waals surface area contributed by atoms with Crippen LogP contribution < -0.4 is 5.73 Å². The van der Waals surface area contributed by atoms with Crippen LogP contribution in [0.15, 0.2) is 34.3 Å². The summed E-state index contributed by atoms with van der Waals surface area (Å²) in [4.78, 5) is 0.124. The number of benzene rings is 1. The van der Waals surface area contributed by atoms with E-state index in [0.29, 0.717) is 5.56 Å². The first-order valence-corrected chi connectivity index (χ1v) is 7.75. The van der Waals surface area contributed by atoms with E-state index < -0.39 is 9.84 Å². The van der Waals surface area contributed by atoms with Crippen molar-refractivity contribution in [1.82, 2.24) is 0 Å². The minimum absolute atomic E-state index is 0.111. The van der Waals surface area contributed by atoms with Gasteiger partial charge in [-0.25, -0.2) is 8.42 Å². The third-order valence-electron chi connectivity index (χ3n) is 2.48. The van der Waals surface area contributed by atoms with Crippen molar-refractivity contribution in [3.63, 3.8) is 0 Å². The average molecular weight is 300 g/mol. The predicted molar refractivity (Wildman–Crippen MR) is 76.7 cm³/mol. The van der Waals surface area contributed by atoms with Gasteiger partial charge in [-0.2, -0.15) is 0 Å². The van der Waals surface area contributed by atoms with Crippen LogP contribution in [0.2, 0.25) is 0 Å². The summed E-state index contributed by atoms with van der Waals surface area (Å²) in [6, 6.07) is 5.96. The highest BCUT2D eigenvalue weighted by Crippen LogP contribution is 2.14. The summed E-state index contributed by atoms with van der Waals surface area (Å²) in [5, 5.41) is 11.5. The summed E-state index contributed by atoms with van der Waals surface area (Å²) in [7, 11) is -3.46. The van der Waals surface area contributed by atoms with Crippen molar-refractivity contribution < 1.29 is 18.4 Å². The maximum absolute atomic E-state index is 12.2. The van der Waals surface area contributed by atoms with Crippen LogP contribution in [0.3, 0.4) is 0 Å². The summed E-state index contributed by atoms with van der Waals surface area (Å²) >= 11 is 0. The molecule has 0 bridgehead atoms. The van der Waals surface area contributed by atoms with Gasteiger partial charge in [-0.1, -0.05) is 17.3 Å². The zero-order valence-electron chi connectivity index (χ0n) is 11.8. The fraction of sp³-hybridized carbons (Fsp3) is 0.462. The molecule has 1 aromatic rings. The Bertz CT molecular complexity index is 589. The minimum Gasteiger partial charge on any atom is -0.409 e. The van der Waals surface area contributed by atoms with Crippen LogP contribution in [0, 0.1) is 0 Å². The molecule has 112 valence electrons. The lowest BCUT2D eigenvalue weighted by molar-refractivity contribution is 0.00644. The van der Waals surface area contributed by atoms with Gasteiger partial charge in [-0.15, -0.1) is 0 Å². The highest BCUT2D eigenvalue weighted by molar-refractivity contribution is 7.91. The van der Waals surface area contributed by atoms with E-state index in [2.05, 4.69) is 5.16 Å². The number of sulfone groups is 1. The first-order valence-electron chi connectivity index (χ1n) is 6.10. The molecule has 0 aliphatic rings. The predicted octanol–water partition coefficient (Wildman–Crippen LogP) is 1.37. The van der Waals surface area contributed by atoms with E-state index in [1.54, 1.807) is 12.1 Å². The molecule has 7 heteroatoms. The molecule has 0 aromatic heterocycles. The van der Waals surface area contributed by atoms with Crippen LogP contribution >= 0.6 is 0 Å². The largest absolute Gasteiger partial charge is 0.409 e. The Balaban J connectivity index is 2.88. The Kier molecular flexibility index (Phi) is 5.13. The molecule has 0 atom stereocenters. The Morgan fingerprint density at radius 2 is 2.05 bits per heavy atom. The molecule has 0 aliphatic heterocycles. The summed E-state index contributed by atoms with van der Waals surface area (Å²) in [6.45, 7) is 5.69. The van der Waals surface area contributed by atoms with Gasteiger partial charge in [0.1, 0.15) is 0 Å². The first-order chi connectivity index (χ1) is 9.15. The second kappa shape index (κ2) is 6.23. The number of hydrogen-bond donors (Lipinski definition) is 2. The van der Waals surface area contributed by atoms with E-state index in [1.807, 2.05) is 20.8 Å². The molecule has 6 nitrogen and oxygen atoms in total. The van der Waals surface area contributed by atoms with E-state index >= 15 is 0 Å². The Morgan fingerprint density at radius 3 is 2.60 bits per heavy atom. The van der Waals surface area contributed by atoms with Gasteiger partial charge in [-0.3, -0.25) is 0 Å². The SMILES string of the molecule is CC(C)(C)OCCS(=O)(=O)c1cccc(/C(N)=N/O)c1. The molecule has 0 saturated carbocycles. The van der Waals surface area contributed by atoms with Gasteiger partial charge in [0, 0.05) is 5.56 Å². The normalized spacial score (nSPS) is 13.4. The van der Waals surface area contributed by atoms with Crippen molar-refractivity contribution in [2.24, 2.45) is 10.9 Å². The molecule has 20 heavy (non-hydrogen) atoms. The molecule has 0 unspecified atom stereocenters. The van der Waals surface area contributed by atoms with Crippen LogP contribution in [-0.2, 0) is 14.6 Å². The molecule has 0 aliphatic carbocycles. The van der Waals surface area contributed by atoms with Gasteiger partial charge in [0.15, 0.2) is 15.7 Å². The molecule has 0 amide bonds. The fourth-order valence-corrected chi connectivity index (χ4v) is 2.61. The van der Waals surface area contributed by atoms with Crippen LogP contribution in [0.1, 0.15) is 26.3 Å². The molecule has 1 aromatic carbocycles. The maximum atomic E-state index is 12.2. The monoisotopic (exact) mass is 300 g/mol. The van der Waals surface area contributed by atoms with Gasteiger partial charge in [-0.05, 0) is 32.9 Å². The molecule has 0 radical (unpaired) electrons. The quantitative estimate of drug-likeness (QED) is 0.370. The smallest absolute Gasteiger partial charge is 0.180 e. The van der Waals surface area contributed by atoms with Crippen molar-refractivity contribution in [3.05, 3.63) is 29.8 Å². The molecule has 0 saturated heterocycles. The number of rotatable bonds is 5. The number of nitrogens with zero attached hydrogens (tertiary/aromatic N) is 1. The number of nitrogens with two attached hydrogens (primary N) is 1. The van der Waals surface area contributed by atoms with Gasteiger partial charge in [0.25, 0.3) is 0 Å². The topological polar surface area (TPSA) is 102 Å². The van der Waals surface area contributed by atoms with Crippen LogP contribution in [0.25, 0.3) is 0 Å². The number of ether oxygens (including phenoxy) is 1. The lowest BCUT2D eigenvalue weighted by Gasteiger charge is -2.19. The standard InChI is InChI=1S/C13H20N2O4S/c1-13(2,3)19-7-8-20(17,18)11-6-4-5-10(9-11)12(14)15-16/h4-6,9,16H,7-8H2,1-3H3,(H2,14,15). The molecular weight excluding hydrogens is 280 g/mol. The summed E-state index contributed by atoms with van der Waals surface area (Å²) in [5.74, 6) is -0.253. The van der Waals surface area contributed by atoms with Crippen molar-refractivity contribution in [2.75, 3.05) is 12.4 Å². The number of amidine groups is 1. The summed E-state index contributed by atoms with van der Waals surface area (Å²) in [6.07, 6.45) is 0. The molecular formula is C13H20N2O4S. The summed E-state index contributed by atoms with van der Waals surface area (Å²) in [5.41, 5.74) is 5.41. The minimum atomic E-state index is -3.46. The van der Waals surface area contributed by atoms with Gasteiger partial charge in [0.05, 0.1) is 22.9 Å². The Morgan fingerprint density at radius 1 is 1.40 bits per heavy atom. The van der Waals surface area contributed by atoms with Crippen molar-refractivity contribution in [3.8, 4) is 0 Å². The maximum Gasteiger partial charge on any atom is 0.180 e. The van der Waals surface area contributed by atoms with Crippen molar-refractivity contribution in [2.45, 2.75) is 31.3 Å². The molecule has 0 spiro atoms. The third-order valence-corrected chi connectivity index (χ3v) is 4.16.